The number of likely N-dealkylation sites (tertiary alicyclic amines) is 1. The van der Waals surface area contributed by atoms with Crippen LogP contribution in [-0.4, -0.2) is 46.6 Å². The molecule has 1 aromatic rings. The van der Waals surface area contributed by atoms with Crippen molar-refractivity contribution in [3.05, 3.63) is 33.9 Å². The molecular formula is C13H16N2O5. The fourth-order valence-corrected chi connectivity index (χ4v) is 2.18. The Morgan fingerprint density at radius 3 is 2.70 bits per heavy atom. The van der Waals surface area contributed by atoms with E-state index in [-0.39, 0.29) is 36.0 Å². The third kappa shape index (κ3) is 2.44. The molecule has 1 aliphatic heterocycles. The van der Waals surface area contributed by atoms with E-state index >= 15 is 0 Å². The molecule has 1 saturated heterocycles. The molecule has 1 N–H and O–H groups in total. The zero-order valence-electron chi connectivity index (χ0n) is 11.3. The van der Waals surface area contributed by atoms with Gasteiger partial charge in [-0.1, -0.05) is 6.92 Å². The number of carbonyl (C=O) groups excluding carboxylic acids is 1. The number of hydrogen-bond donors (Lipinski definition) is 1. The Kier molecular flexibility index (Phi) is 3.63. The minimum absolute atomic E-state index is 0.139. The molecule has 7 nitrogen and oxygen atoms in total. The van der Waals surface area contributed by atoms with Crippen LogP contribution in [0.1, 0.15) is 23.7 Å². The summed E-state index contributed by atoms with van der Waals surface area (Å²) in [5.41, 5.74) is -0.871. The van der Waals surface area contributed by atoms with Crippen LogP contribution in [0.5, 0.6) is 5.75 Å². The van der Waals surface area contributed by atoms with E-state index in [0.717, 1.165) is 0 Å². The van der Waals surface area contributed by atoms with E-state index < -0.39 is 10.5 Å². The number of ether oxygens (including phenoxy) is 1. The summed E-state index contributed by atoms with van der Waals surface area (Å²) in [7, 11) is 1.40. The molecule has 1 aliphatic rings. The summed E-state index contributed by atoms with van der Waals surface area (Å²) in [6, 6.07) is 3.88. The molecule has 1 fully saturated rings. The molecule has 1 amide bonds. The van der Waals surface area contributed by atoms with Gasteiger partial charge in [-0.25, -0.2) is 0 Å². The van der Waals surface area contributed by atoms with Gasteiger partial charge < -0.3 is 14.7 Å². The van der Waals surface area contributed by atoms with Gasteiger partial charge in [0.15, 0.2) is 0 Å². The summed E-state index contributed by atoms with van der Waals surface area (Å²) in [6.45, 7) is 2.30. The average Bonchev–Trinajstić information content (AvgIpc) is 2.42. The highest BCUT2D eigenvalue weighted by atomic mass is 16.6. The largest absolute Gasteiger partial charge is 0.496 e. The quantitative estimate of drug-likeness (QED) is 0.660. The highest BCUT2D eigenvalue weighted by Gasteiger charge is 2.42. The van der Waals surface area contributed by atoms with Gasteiger partial charge in [-0.05, 0) is 12.5 Å². The predicted molar refractivity (Wildman–Crippen MR) is 70.8 cm³/mol. The zero-order chi connectivity index (χ0) is 14.9. The lowest BCUT2D eigenvalue weighted by atomic mass is 9.90. The second kappa shape index (κ2) is 5.09. The molecule has 2 rings (SSSR count). The third-order valence-electron chi connectivity index (χ3n) is 3.54. The number of rotatable bonds is 4. The number of β-amino-alcohol motifs (C(OH)–C–C–N with tert-alkyl or cyclic N) is 1. The van der Waals surface area contributed by atoms with E-state index in [0.29, 0.717) is 6.42 Å². The van der Waals surface area contributed by atoms with E-state index in [9.17, 15) is 20.0 Å². The molecule has 0 unspecified atom stereocenters. The van der Waals surface area contributed by atoms with Crippen molar-refractivity contribution in [1.29, 1.82) is 0 Å². The van der Waals surface area contributed by atoms with Crippen molar-refractivity contribution >= 4 is 11.6 Å². The molecule has 0 radical (unpaired) electrons. The van der Waals surface area contributed by atoms with E-state index in [2.05, 4.69) is 0 Å². The molecule has 108 valence electrons. The molecule has 7 heteroatoms. The Hall–Kier alpha value is -2.15. The van der Waals surface area contributed by atoms with Gasteiger partial charge in [0.25, 0.3) is 11.6 Å². The van der Waals surface area contributed by atoms with Crippen LogP contribution in [-0.2, 0) is 0 Å². The van der Waals surface area contributed by atoms with Crippen molar-refractivity contribution in [3.8, 4) is 5.75 Å². The van der Waals surface area contributed by atoms with Gasteiger partial charge in [0.2, 0.25) is 0 Å². The first-order chi connectivity index (χ1) is 9.40. The van der Waals surface area contributed by atoms with E-state index in [1.54, 1.807) is 0 Å². The minimum atomic E-state index is -0.844. The Bertz CT molecular complexity index is 552. The summed E-state index contributed by atoms with van der Waals surface area (Å²) in [6.07, 6.45) is 0.558. The lowest BCUT2D eigenvalue weighted by Crippen LogP contribution is -2.63. The van der Waals surface area contributed by atoms with Gasteiger partial charge in [-0.15, -0.1) is 0 Å². The summed E-state index contributed by atoms with van der Waals surface area (Å²) < 4.78 is 5.07. The van der Waals surface area contributed by atoms with Crippen LogP contribution in [0.25, 0.3) is 0 Å². The minimum Gasteiger partial charge on any atom is -0.496 e. The number of benzene rings is 1. The fraction of sp³-hybridized carbons (Fsp3) is 0.462. The summed E-state index contributed by atoms with van der Waals surface area (Å²) in [5.74, 6) is -0.0868. The normalized spacial score (nSPS) is 16.4. The fourth-order valence-electron chi connectivity index (χ4n) is 2.18. The maximum absolute atomic E-state index is 12.3. The second-order valence-electron chi connectivity index (χ2n) is 4.88. The number of hydrogen-bond acceptors (Lipinski definition) is 5. The molecule has 0 aliphatic carbocycles. The summed E-state index contributed by atoms with van der Waals surface area (Å²) in [4.78, 5) is 24.0. The Morgan fingerprint density at radius 2 is 2.20 bits per heavy atom. The molecule has 0 spiro atoms. The van der Waals surface area contributed by atoms with Gasteiger partial charge in [0, 0.05) is 12.1 Å². The van der Waals surface area contributed by atoms with E-state index in [1.165, 1.54) is 30.2 Å². The number of nitrogens with zero attached hydrogens (tertiary/aromatic N) is 2. The first-order valence-electron chi connectivity index (χ1n) is 6.24. The van der Waals surface area contributed by atoms with Gasteiger partial charge in [0.05, 0.1) is 36.3 Å². The maximum atomic E-state index is 12.3. The lowest BCUT2D eigenvalue weighted by molar-refractivity contribution is -0.384. The molecule has 0 aromatic heterocycles. The Morgan fingerprint density at radius 1 is 1.55 bits per heavy atom. The van der Waals surface area contributed by atoms with Gasteiger partial charge in [0.1, 0.15) is 5.75 Å². The van der Waals surface area contributed by atoms with Crippen molar-refractivity contribution in [3.63, 3.8) is 0 Å². The molecule has 20 heavy (non-hydrogen) atoms. The van der Waals surface area contributed by atoms with Crippen molar-refractivity contribution in [2.24, 2.45) is 0 Å². The van der Waals surface area contributed by atoms with Gasteiger partial charge >= 0.3 is 0 Å². The molecule has 0 saturated carbocycles. The molecular weight excluding hydrogens is 264 g/mol. The second-order valence-corrected chi connectivity index (χ2v) is 4.88. The van der Waals surface area contributed by atoms with E-state index in [4.69, 9.17) is 4.74 Å². The van der Waals surface area contributed by atoms with Crippen molar-refractivity contribution in [2.45, 2.75) is 18.9 Å². The van der Waals surface area contributed by atoms with Crippen molar-refractivity contribution < 1.29 is 19.6 Å². The molecule has 0 atom stereocenters. The van der Waals surface area contributed by atoms with Crippen LogP contribution in [0.4, 0.5) is 5.69 Å². The highest BCUT2D eigenvalue weighted by molar-refractivity contribution is 5.98. The van der Waals surface area contributed by atoms with Crippen LogP contribution in [0.15, 0.2) is 18.2 Å². The first kappa shape index (κ1) is 14.3. The van der Waals surface area contributed by atoms with Crippen LogP contribution in [0.3, 0.4) is 0 Å². The summed E-state index contributed by atoms with van der Waals surface area (Å²) >= 11 is 0. The molecule has 1 aromatic carbocycles. The Balaban J connectivity index is 2.25. The highest BCUT2D eigenvalue weighted by Crippen LogP contribution is 2.30. The number of methoxy groups -OCH3 is 1. The van der Waals surface area contributed by atoms with Crippen molar-refractivity contribution in [2.75, 3.05) is 20.2 Å². The van der Waals surface area contributed by atoms with Crippen LogP contribution < -0.4 is 4.74 Å². The van der Waals surface area contributed by atoms with Crippen LogP contribution in [0.2, 0.25) is 0 Å². The first-order valence-corrected chi connectivity index (χ1v) is 6.24. The number of aliphatic hydroxyl groups is 1. The number of carbonyl (C=O) groups is 1. The average molecular weight is 280 g/mol. The number of amides is 1. The van der Waals surface area contributed by atoms with Crippen LogP contribution in [0, 0.1) is 10.1 Å². The Labute approximate surface area is 115 Å². The smallest absolute Gasteiger partial charge is 0.270 e. The SMILES string of the molecule is CCC1(O)CN(C(=O)c2cc([N+](=O)[O-])ccc2OC)C1. The van der Waals surface area contributed by atoms with E-state index in [1.807, 2.05) is 6.92 Å². The monoisotopic (exact) mass is 280 g/mol. The van der Waals surface area contributed by atoms with Gasteiger partial charge in [-0.3, -0.25) is 14.9 Å². The molecule has 1 heterocycles. The maximum Gasteiger partial charge on any atom is 0.270 e. The number of non-ortho nitro benzene ring substituents is 1. The topological polar surface area (TPSA) is 92.9 Å². The lowest BCUT2D eigenvalue weighted by Gasteiger charge is -2.46. The standard InChI is InChI=1S/C13H16N2O5/c1-3-13(17)7-14(8-13)12(16)10-6-9(15(18)19)4-5-11(10)20-2/h4-6,17H,3,7-8H2,1-2H3. The third-order valence-corrected chi connectivity index (χ3v) is 3.54. The molecule has 0 bridgehead atoms. The van der Waals surface area contributed by atoms with Crippen LogP contribution >= 0.6 is 0 Å². The zero-order valence-corrected chi connectivity index (χ0v) is 11.3. The number of nitro groups is 1. The number of nitro benzene ring substituents is 1. The van der Waals surface area contributed by atoms with Gasteiger partial charge in [-0.2, -0.15) is 0 Å². The predicted octanol–water partition coefficient (Wildman–Crippen LogP) is 1.20. The van der Waals surface area contributed by atoms with Crippen molar-refractivity contribution in [1.82, 2.24) is 4.90 Å². The summed E-state index contributed by atoms with van der Waals surface area (Å²) in [5, 5.41) is 20.7.